The summed E-state index contributed by atoms with van der Waals surface area (Å²) in [7, 11) is 1.67. The van der Waals surface area contributed by atoms with Gasteiger partial charge in [-0.05, 0) is 41.8 Å². The zero-order valence-electron chi connectivity index (χ0n) is 12.4. The second kappa shape index (κ2) is 6.67. The minimum absolute atomic E-state index is 0.775. The second-order valence-electron chi connectivity index (χ2n) is 5.10. The van der Waals surface area contributed by atoms with E-state index < -0.39 is 0 Å². The first-order chi connectivity index (χ1) is 10.7. The summed E-state index contributed by atoms with van der Waals surface area (Å²) in [6.07, 6.45) is 4.86. The van der Waals surface area contributed by atoms with Gasteiger partial charge in [0.2, 0.25) is 0 Å². The van der Waals surface area contributed by atoms with Crippen LogP contribution in [0.3, 0.4) is 0 Å². The van der Waals surface area contributed by atoms with Gasteiger partial charge in [-0.3, -0.25) is 4.68 Å². The van der Waals surface area contributed by atoms with Crippen LogP contribution < -0.4 is 4.74 Å². The molecule has 0 saturated carbocycles. The lowest BCUT2D eigenvalue weighted by atomic mass is 10.1. The van der Waals surface area contributed by atoms with Crippen molar-refractivity contribution in [2.75, 3.05) is 7.11 Å². The number of halogens is 1. The van der Waals surface area contributed by atoms with Crippen LogP contribution in [0.25, 0.3) is 11.1 Å². The molecule has 22 heavy (non-hydrogen) atoms. The van der Waals surface area contributed by atoms with Crippen LogP contribution in [0.1, 0.15) is 5.56 Å². The number of methoxy groups -OCH3 is 1. The maximum atomic E-state index is 6.00. The first kappa shape index (κ1) is 14.7. The smallest absolute Gasteiger partial charge is 0.118 e. The predicted molar refractivity (Wildman–Crippen MR) is 89.4 cm³/mol. The molecule has 3 aromatic rings. The number of rotatable bonds is 5. The minimum Gasteiger partial charge on any atom is -0.497 e. The molecule has 0 atom stereocenters. The van der Waals surface area contributed by atoms with Crippen LogP contribution in [-0.4, -0.2) is 16.9 Å². The van der Waals surface area contributed by atoms with Gasteiger partial charge in [-0.2, -0.15) is 5.10 Å². The van der Waals surface area contributed by atoms with Gasteiger partial charge in [0.15, 0.2) is 0 Å². The van der Waals surface area contributed by atoms with Crippen LogP contribution in [0.2, 0.25) is 5.02 Å². The highest BCUT2D eigenvalue weighted by Crippen LogP contribution is 2.22. The normalized spacial score (nSPS) is 10.6. The number of hydrogen-bond acceptors (Lipinski definition) is 2. The number of aromatic nitrogens is 2. The lowest BCUT2D eigenvalue weighted by Gasteiger charge is -2.03. The van der Waals surface area contributed by atoms with E-state index in [9.17, 15) is 0 Å². The molecule has 0 aliphatic heterocycles. The average Bonchev–Trinajstić information content (AvgIpc) is 3.02. The molecule has 0 amide bonds. The maximum absolute atomic E-state index is 6.00. The fraction of sp³-hybridized carbons (Fsp3) is 0.167. The monoisotopic (exact) mass is 312 g/mol. The molecular weight excluding hydrogens is 296 g/mol. The minimum atomic E-state index is 0.775. The summed E-state index contributed by atoms with van der Waals surface area (Å²) in [5.41, 5.74) is 3.46. The first-order valence-electron chi connectivity index (χ1n) is 7.16. The molecule has 0 radical (unpaired) electrons. The Hall–Kier alpha value is -2.26. The predicted octanol–water partition coefficient (Wildman–Crippen LogP) is 4.45. The third-order valence-corrected chi connectivity index (χ3v) is 3.81. The van der Waals surface area contributed by atoms with Crippen LogP contribution in [-0.2, 0) is 13.0 Å². The largest absolute Gasteiger partial charge is 0.497 e. The van der Waals surface area contributed by atoms with Crippen LogP contribution in [0.15, 0.2) is 60.9 Å². The summed E-state index contributed by atoms with van der Waals surface area (Å²) in [4.78, 5) is 0. The van der Waals surface area contributed by atoms with Gasteiger partial charge in [0.05, 0.1) is 13.3 Å². The molecule has 1 heterocycles. The molecular formula is C18H17ClN2O. The second-order valence-corrected chi connectivity index (χ2v) is 5.54. The fourth-order valence-electron chi connectivity index (χ4n) is 2.35. The van der Waals surface area contributed by atoms with Crippen molar-refractivity contribution in [1.29, 1.82) is 0 Å². The van der Waals surface area contributed by atoms with Gasteiger partial charge in [-0.1, -0.05) is 35.9 Å². The van der Waals surface area contributed by atoms with Crippen molar-refractivity contribution in [3.63, 3.8) is 0 Å². The summed E-state index contributed by atoms with van der Waals surface area (Å²) in [6.45, 7) is 0.830. The van der Waals surface area contributed by atoms with Crippen LogP contribution >= 0.6 is 11.6 Å². The Labute approximate surface area is 135 Å². The van der Waals surface area contributed by atoms with Gasteiger partial charge in [0.25, 0.3) is 0 Å². The highest BCUT2D eigenvalue weighted by atomic mass is 35.5. The third kappa shape index (κ3) is 3.49. The van der Waals surface area contributed by atoms with E-state index in [4.69, 9.17) is 16.3 Å². The molecule has 0 aliphatic carbocycles. The standard InChI is InChI=1S/C18H17ClN2O/c1-22-18-7-5-15(6-8-18)16-12-20-21(13-16)10-9-14-3-2-4-17(19)11-14/h2-8,11-13H,9-10H2,1H3. The molecule has 3 rings (SSSR count). The summed E-state index contributed by atoms with van der Waals surface area (Å²) >= 11 is 6.00. The van der Waals surface area contributed by atoms with Crippen LogP contribution in [0.5, 0.6) is 5.75 Å². The molecule has 0 N–H and O–H groups in total. The Morgan fingerprint density at radius 3 is 2.64 bits per heavy atom. The van der Waals surface area contributed by atoms with Crippen LogP contribution in [0, 0.1) is 0 Å². The molecule has 2 aromatic carbocycles. The van der Waals surface area contributed by atoms with Gasteiger partial charge in [0, 0.05) is 23.3 Å². The zero-order chi connectivity index (χ0) is 15.4. The molecule has 1 aromatic heterocycles. The van der Waals surface area contributed by atoms with Crippen molar-refractivity contribution in [2.45, 2.75) is 13.0 Å². The Bertz CT molecular complexity index is 750. The van der Waals surface area contributed by atoms with E-state index >= 15 is 0 Å². The SMILES string of the molecule is COc1ccc(-c2cnn(CCc3cccc(Cl)c3)c2)cc1. The zero-order valence-corrected chi connectivity index (χ0v) is 13.1. The molecule has 0 aliphatic rings. The Balaban J connectivity index is 1.68. The van der Waals surface area contributed by atoms with Crippen LogP contribution in [0.4, 0.5) is 0 Å². The highest BCUT2D eigenvalue weighted by molar-refractivity contribution is 6.30. The van der Waals surface area contributed by atoms with E-state index in [1.54, 1.807) is 7.11 Å². The third-order valence-electron chi connectivity index (χ3n) is 3.58. The molecule has 4 heteroatoms. The molecule has 112 valence electrons. The quantitative estimate of drug-likeness (QED) is 0.695. The summed E-state index contributed by atoms with van der Waals surface area (Å²) in [6, 6.07) is 15.9. The van der Waals surface area contributed by atoms with Gasteiger partial charge in [-0.15, -0.1) is 0 Å². The van der Waals surface area contributed by atoms with E-state index in [1.807, 2.05) is 53.3 Å². The lowest BCUT2D eigenvalue weighted by Crippen LogP contribution is -2.01. The van der Waals surface area contributed by atoms with E-state index in [-0.39, 0.29) is 0 Å². The van der Waals surface area contributed by atoms with Crippen molar-refractivity contribution in [3.05, 3.63) is 71.5 Å². The van der Waals surface area contributed by atoms with Crippen molar-refractivity contribution < 1.29 is 4.74 Å². The number of hydrogen-bond donors (Lipinski definition) is 0. The molecule has 3 nitrogen and oxygen atoms in total. The molecule has 0 unspecified atom stereocenters. The first-order valence-corrected chi connectivity index (χ1v) is 7.54. The molecule has 0 spiro atoms. The molecule has 0 bridgehead atoms. The van der Waals surface area contributed by atoms with E-state index in [1.165, 1.54) is 5.56 Å². The van der Waals surface area contributed by atoms with Crippen molar-refractivity contribution in [3.8, 4) is 16.9 Å². The molecule has 0 fully saturated rings. The average molecular weight is 313 g/mol. The highest BCUT2D eigenvalue weighted by Gasteiger charge is 2.03. The van der Waals surface area contributed by atoms with Crippen molar-refractivity contribution in [1.82, 2.24) is 9.78 Å². The summed E-state index contributed by atoms with van der Waals surface area (Å²) in [5, 5.41) is 5.20. The fourth-order valence-corrected chi connectivity index (χ4v) is 2.57. The van der Waals surface area contributed by atoms with E-state index in [2.05, 4.69) is 17.4 Å². The number of ether oxygens (including phenoxy) is 1. The van der Waals surface area contributed by atoms with E-state index in [0.717, 1.165) is 34.9 Å². The topological polar surface area (TPSA) is 27.1 Å². The maximum Gasteiger partial charge on any atom is 0.118 e. The summed E-state index contributed by atoms with van der Waals surface area (Å²) < 4.78 is 7.13. The lowest BCUT2D eigenvalue weighted by molar-refractivity contribution is 0.415. The van der Waals surface area contributed by atoms with E-state index in [0.29, 0.717) is 0 Å². The number of benzene rings is 2. The Kier molecular flexibility index (Phi) is 4.45. The molecule has 0 saturated heterocycles. The van der Waals surface area contributed by atoms with Gasteiger partial charge < -0.3 is 4.74 Å². The van der Waals surface area contributed by atoms with Gasteiger partial charge in [-0.25, -0.2) is 0 Å². The number of nitrogens with zero attached hydrogens (tertiary/aromatic N) is 2. The van der Waals surface area contributed by atoms with Gasteiger partial charge >= 0.3 is 0 Å². The Morgan fingerprint density at radius 1 is 1.09 bits per heavy atom. The Morgan fingerprint density at radius 2 is 1.91 bits per heavy atom. The van der Waals surface area contributed by atoms with Crippen molar-refractivity contribution in [2.24, 2.45) is 0 Å². The summed E-state index contributed by atoms with van der Waals surface area (Å²) in [5.74, 6) is 0.858. The van der Waals surface area contributed by atoms with Crippen molar-refractivity contribution >= 4 is 11.6 Å². The number of aryl methyl sites for hydroxylation is 2. The van der Waals surface area contributed by atoms with Gasteiger partial charge in [0.1, 0.15) is 5.75 Å².